The summed E-state index contributed by atoms with van der Waals surface area (Å²) in [5, 5.41) is -0.286. The van der Waals surface area contributed by atoms with Crippen molar-refractivity contribution in [3.63, 3.8) is 0 Å². The predicted molar refractivity (Wildman–Crippen MR) is 230 cm³/mol. The number of carbonyl (C=O) groups is 6. The van der Waals surface area contributed by atoms with Crippen molar-refractivity contribution < 1.29 is 57.2 Å². The van der Waals surface area contributed by atoms with E-state index in [1.165, 1.54) is 0 Å². The average Bonchev–Trinajstić information content (AvgIpc) is 3.57. The van der Waals surface area contributed by atoms with Gasteiger partial charge in [0, 0.05) is 31.6 Å². The lowest BCUT2D eigenvalue weighted by Crippen LogP contribution is -2.57. The van der Waals surface area contributed by atoms with E-state index in [0.29, 0.717) is 42.8 Å². The third-order valence-corrected chi connectivity index (χ3v) is 15.1. The lowest BCUT2D eigenvalue weighted by molar-refractivity contribution is -0.168. The normalized spacial score (nSPS) is 29.6. The number of rotatable bonds is 25. The van der Waals surface area contributed by atoms with Crippen molar-refractivity contribution in [2.24, 2.45) is 40.4 Å². The molecule has 0 bridgehead atoms. The second-order valence-corrected chi connectivity index (χ2v) is 19.6. The molecule has 4 aliphatic carbocycles. The van der Waals surface area contributed by atoms with E-state index in [1.807, 2.05) is 0 Å². The summed E-state index contributed by atoms with van der Waals surface area (Å²) in [7, 11) is 7.43. The summed E-state index contributed by atoms with van der Waals surface area (Å²) in [6.45, 7) is 11.2. The quantitative estimate of drug-likeness (QED) is 0.0282. The average molecular weight is 857 g/mol. The Kier molecular flexibility index (Phi) is 20.0. The highest BCUT2D eigenvalue weighted by atomic mass is 16.8. The van der Waals surface area contributed by atoms with Crippen molar-refractivity contribution in [3.05, 3.63) is 0 Å². The van der Waals surface area contributed by atoms with E-state index in [1.54, 1.807) is 13.8 Å². The number of Topliss-reactive ketones (excluding diaryl/α,β-unsaturated/α-hetero) is 1. The zero-order chi connectivity index (χ0) is 44.6. The Bertz CT molecular complexity index is 1440. The molecule has 0 saturated heterocycles. The van der Waals surface area contributed by atoms with Gasteiger partial charge in [0.25, 0.3) is 0 Å². The highest BCUT2D eigenvalue weighted by Gasteiger charge is 2.65. The third kappa shape index (κ3) is 14.2. The van der Waals surface area contributed by atoms with Gasteiger partial charge in [-0.3, -0.25) is 24.0 Å². The summed E-state index contributed by atoms with van der Waals surface area (Å²) in [6.07, 6.45) is 16.0. The summed E-state index contributed by atoms with van der Waals surface area (Å²) in [6, 6.07) is 0. The van der Waals surface area contributed by atoms with Crippen LogP contribution in [0.1, 0.15) is 189 Å². The SMILES string of the molecule is [B][C@@]12CCC3C[C@H](OC(=O)OCOC(=O)C[C@H](C)CC(=O)OC(COC(=O)CCCCCCC)COC(=O)CCCCCCC)CC[C@]3(C)C1CC[C@@]1(C)C2CC[C@@H]1C(C)=O. The number of esters is 4. The van der Waals surface area contributed by atoms with Crippen LogP contribution in [0.5, 0.6) is 0 Å². The van der Waals surface area contributed by atoms with Gasteiger partial charge in [0.15, 0.2) is 6.10 Å². The monoisotopic (exact) mass is 857 g/mol. The van der Waals surface area contributed by atoms with Crippen LogP contribution in [-0.2, 0) is 52.4 Å². The van der Waals surface area contributed by atoms with Crippen molar-refractivity contribution in [1.29, 1.82) is 0 Å². The molecule has 0 aromatic rings. The largest absolute Gasteiger partial charge is 0.511 e. The number of hydrogen-bond donors (Lipinski definition) is 0. The van der Waals surface area contributed by atoms with Crippen LogP contribution in [0.15, 0.2) is 0 Å². The highest BCUT2D eigenvalue weighted by Crippen LogP contribution is 2.74. The minimum absolute atomic E-state index is 0.0292. The van der Waals surface area contributed by atoms with Crippen molar-refractivity contribution in [3.8, 4) is 0 Å². The first kappa shape index (κ1) is 50.5. The van der Waals surface area contributed by atoms with E-state index >= 15 is 0 Å². The fraction of sp³-hybridized carbons (Fsp3) is 0.875. The molecule has 3 unspecified atom stereocenters. The zero-order valence-electron chi connectivity index (χ0n) is 38.4. The van der Waals surface area contributed by atoms with Crippen LogP contribution in [0, 0.1) is 40.4 Å². The number of ether oxygens (including phenoxy) is 6. The molecule has 4 fully saturated rings. The smallest absolute Gasteiger partial charge is 0.462 e. The van der Waals surface area contributed by atoms with Gasteiger partial charge in [-0.25, -0.2) is 4.79 Å². The second kappa shape index (κ2) is 24.1. The molecule has 344 valence electrons. The number of hydrogen-bond acceptors (Lipinski definition) is 12. The molecular weight excluding hydrogens is 779 g/mol. The van der Waals surface area contributed by atoms with Crippen LogP contribution in [0.3, 0.4) is 0 Å². The van der Waals surface area contributed by atoms with Crippen LogP contribution in [0.25, 0.3) is 0 Å². The Morgan fingerprint density at radius 3 is 1.82 bits per heavy atom. The molecule has 0 N–H and O–H groups in total. The first-order valence-electron chi connectivity index (χ1n) is 23.8. The molecule has 4 aliphatic rings. The maximum atomic E-state index is 12.9. The standard InChI is InChI=1S/C48H77BO12/c1-7-9-11-13-15-17-41(51)56-30-37(31-57-42(52)18-16-14-12-10-8-2)60-44(54)28-33(3)27-43(53)58-32-59-45(55)61-36-22-24-46(5)35(29-36)21-26-48(49)39-20-19-38(34(4)50)47(39,6)25-23-40(46)48/h33,35-40H,7-32H2,1-6H3/t33-,35?,36+,38+,39?,40?,46-,47+,48+/m0/s1. The highest BCUT2D eigenvalue weighted by molar-refractivity contribution is 6.16. The lowest BCUT2D eigenvalue weighted by atomic mass is 9.33. The Morgan fingerprint density at radius 2 is 1.21 bits per heavy atom. The second-order valence-electron chi connectivity index (χ2n) is 19.6. The Labute approximate surface area is 367 Å². The first-order chi connectivity index (χ1) is 29.0. The molecule has 13 heteroatoms. The van der Waals surface area contributed by atoms with Crippen molar-refractivity contribution in [2.75, 3.05) is 20.0 Å². The number of ketones is 1. The van der Waals surface area contributed by atoms with Gasteiger partial charge in [-0.15, -0.1) is 0 Å². The number of fused-ring (bicyclic) bond motifs is 5. The number of unbranched alkanes of at least 4 members (excludes halogenated alkanes) is 8. The van der Waals surface area contributed by atoms with E-state index in [2.05, 4.69) is 27.7 Å². The zero-order valence-corrected chi connectivity index (χ0v) is 38.4. The molecule has 61 heavy (non-hydrogen) atoms. The molecule has 2 radical (unpaired) electrons. The molecule has 0 heterocycles. The topological polar surface area (TPSA) is 158 Å². The maximum Gasteiger partial charge on any atom is 0.511 e. The van der Waals surface area contributed by atoms with Gasteiger partial charge < -0.3 is 28.4 Å². The van der Waals surface area contributed by atoms with Gasteiger partial charge in [-0.1, -0.05) is 97.7 Å². The summed E-state index contributed by atoms with van der Waals surface area (Å²) in [5.41, 5.74) is 0.00466. The molecule has 12 nitrogen and oxygen atoms in total. The van der Waals surface area contributed by atoms with Crippen LogP contribution in [-0.4, -0.2) is 75.9 Å². The van der Waals surface area contributed by atoms with Gasteiger partial charge >= 0.3 is 30.0 Å². The van der Waals surface area contributed by atoms with Crippen molar-refractivity contribution in [1.82, 2.24) is 0 Å². The Balaban J connectivity index is 1.16. The van der Waals surface area contributed by atoms with E-state index < -0.39 is 48.8 Å². The van der Waals surface area contributed by atoms with Gasteiger partial charge in [0.1, 0.15) is 25.1 Å². The van der Waals surface area contributed by atoms with Crippen LogP contribution in [0.2, 0.25) is 5.31 Å². The van der Waals surface area contributed by atoms with E-state index in [-0.39, 0.29) is 67.1 Å². The molecule has 0 aromatic carbocycles. The molecule has 4 rings (SSSR count). The first-order valence-corrected chi connectivity index (χ1v) is 23.8. The van der Waals surface area contributed by atoms with E-state index in [4.69, 9.17) is 36.3 Å². The van der Waals surface area contributed by atoms with Gasteiger partial charge in [0.05, 0.1) is 7.85 Å². The lowest BCUT2D eigenvalue weighted by Gasteiger charge is -2.66. The molecule has 0 aromatic heterocycles. The molecule has 0 amide bonds. The minimum Gasteiger partial charge on any atom is -0.462 e. The molecular formula is C48H77BO12. The van der Waals surface area contributed by atoms with Crippen LogP contribution < -0.4 is 0 Å². The summed E-state index contributed by atoms with van der Waals surface area (Å²) >= 11 is 0. The molecule has 0 aliphatic heterocycles. The fourth-order valence-electron chi connectivity index (χ4n) is 11.8. The van der Waals surface area contributed by atoms with E-state index in [0.717, 1.165) is 103 Å². The van der Waals surface area contributed by atoms with Crippen molar-refractivity contribution >= 4 is 43.7 Å². The molecule has 4 saturated carbocycles. The number of carbonyl (C=O) groups excluding carboxylic acids is 6. The summed E-state index contributed by atoms with van der Waals surface area (Å²) < 4.78 is 32.3. The third-order valence-electron chi connectivity index (χ3n) is 15.1. The Morgan fingerprint density at radius 1 is 0.639 bits per heavy atom. The minimum atomic E-state index is -0.985. The predicted octanol–water partition coefficient (Wildman–Crippen LogP) is 10.1. The fourth-order valence-corrected chi connectivity index (χ4v) is 11.8. The maximum absolute atomic E-state index is 12.9. The van der Waals surface area contributed by atoms with Gasteiger partial charge in [0.2, 0.25) is 6.79 Å². The molecule has 0 spiro atoms. The van der Waals surface area contributed by atoms with Gasteiger partial charge in [-0.2, -0.15) is 0 Å². The van der Waals surface area contributed by atoms with Crippen molar-refractivity contribution in [2.45, 2.75) is 207 Å². The van der Waals surface area contributed by atoms with Crippen LogP contribution in [0.4, 0.5) is 4.79 Å². The van der Waals surface area contributed by atoms with Gasteiger partial charge in [-0.05, 0) is 106 Å². The van der Waals surface area contributed by atoms with E-state index in [9.17, 15) is 28.8 Å². The molecule has 9 atom stereocenters. The Hall–Kier alpha value is -3.12. The van der Waals surface area contributed by atoms with Crippen LogP contribution >= 0.6 is 0 Å². The summed E-state index contributed by atoms with van der Waals surface area (Å²) in [5.74, 6) is -1.13. The summed E-state index contributed by atoms with van der Waals surface area (Å²) in [4.78, 5) is 75.5.